The number of nitrogens with one attached hydrogen (secondary N) is 1. The minimum absolute atomic E-state index is 0.153. The minimum Gasteiger partial charge on any atom is -0.491 e. The zero-order valence-electron chi connectivity index (χ0n) is 16.8. The van der Waals surface area contributed by atoms with E-state index in [4.69, 9.17) is 25.8 Å². The summed E-state index contributed by atoms with van der Waals surface area (Å²) in [7, 11) is 3.67. The third-order valence-corrected chi connectivity index (χ3v) is 5.09. The van der Waals surface area contributed by atoms with Gasteiger partial charge in [0.15, 0.2) is 0 Å². The van der Waals surface area contributed by atoms with Crippen molar-refractivity contribution in [2.75, 3.05) is 47.1 Å². The number of hydrogen-bond acceptors (Lipinski definition) is 5. The average molecular weight is 419 g/mol. The highest BCUT2D eigenvalue weighted by molar-refractivity contribution is 6.30. The van der Waals surface area contributed by atoms with E-state index in [1.54, 1.807) is 25.3 Å². The summed E-state index contributed by atoms with van der Waals surface area (Å²) in [6.07, 6.45) is -0.153. The lowest BCUT2D eigenvalue weighted by molar-refractivity contribution is -0.0380. The van der Waals surface area contributed by atoms with Gasteiger partial charge in [-0.2, -0.15) is 0 Å². The van der Waals surface area contributed by atoms with E-state index in [0.29, 0.717) is 36.2 Å². The second-order valence-corrected chi connectivity index (χ2v) is 7.48. The van der Waals surface area contributed by atoms with Gasteiger partial charge in [-0.15, -0.1) is 0 Å². The van der Waals surface area contributed by atoms with Crippen LogP contribution in [0.25, 0.3) is 0 Å². The number of benzene rings is 2. The fraction of sp³-hybridized carbons (Fsp3) is 0.409. The number of methoxy groups -OCH3 is 1. The Hall–Kier alpha value is -2.12. The number of halogens is 1. The van der Waals surface area contributed by atoms with Crippen LogP contribution >= 0.6 is 11.6 Å². The number of hydrogen-bond donors (Lipinski definition) is 1. The van der Waals surface area contributed by atoms with Gasteiger partial charge in [0.25, 0.3) is 5.91 Å². The lowest BCUT2D eigenvalue weighted by atomic mass is 9.99. The Kier molecular flexibility index (Phi) is 7.89. The first-order valence-electron chi connectivity index (χ1n) is 9.65. The Morgan fingerprint density at radius 2 is 2.07 bits per heavy atom. The van der Waals surface area contributed by atoms with E-state index in [-0.39, 0.29) is 18.1 Å². The highest BCUT2D eigenvalue weighted by Crippen LogP contribution is 2.25. The van der Waals surface area contributed by atoms with Gasteiger partial charge in [0.2, 0.25) is 0 Å². The quantitative estimate of drug-likeness (QED) is 0.667. The molecule has 29 heavy (non-hydrogen) atoms. The molecule has 6 nitrogen and oxygen atoms in total. The summed E-state index contributed by atoms with van der Waals surface area (Å²) < 4.78 is 16.6. The molecule has 0 unspecified atom stereocenters. The molecule has 1 aliphatic rings. The third kappa shape index (κ3) is 6.18. The van der Waals surface area contributed by atoms with Gasteiger partial charge in [0.1, 0.15) is 12.4 Å². The molecule has 1 N–H and O–H groups in total. The van der Waals surface area contributed by atoms with E-state index in [9.17, 15) is 4.79 Å². The summed E-state index contributed by atoms with van der Waals surface area (Å²) in [6.45, 7) is 3.15. The first-order chi connectivity index (χ1) is 14.1. The van der Waals surface area contributed by atoms with Crippen molar-refractivity contribution in [3.05, 3.63) is 64.7 Å². The van der Waals surface area contributed by atoms with Gasteiger partial charge in [0.05, 0.1) is 25.4 Å². The largest absolute Gasteiger partial charge is 0.491 e. The molecule has 1 fully saturated rings. The molecular formula is C22H27ClN2O4. The molecule has 1 aliphatic heterocycles. The number of likely N-dealkylation sites (N-methyl/N-ethyl adjacent to an activating group) is 1. The van der Waals surface area contributed by atoms with Crippen molar-refractivity contribution in [3.63, 3.8) is 0 Å². The smallest absolute Gasteiger partial charge is 0.251 e. The Morgan fingerprint density at radius 1 is 1.28 bits per heavy atom. The highest BCUT2D eigenvalue weighted by atomic mass is 35.5. The summed E-state index contributed by atoms with van der Waals surface area (Å²) in [4.78, 5) is 15.2. The van der Waals surface area contributed by atoms with Gasteiger partial charge in [0, 0.05) is 30.8 Å². The molecule has 1 heterocycles. The summed E-state index contributed by atoms with van der Waals surface area (Å²) in [6, 6.07) is 14.3. The lowest BCUT2D eigenvalue weighted by Gasteiger charge is -2.35. The minimum atomic E-state index is -0.291. The molecule has 0 bridgehead atoms. The van der Waals surface area contributed by atoms with Crippen LogP contribution in [-0.2, 0) is 9.47 Å². The topological polar surface area (TPSA) is 60.0 Å². The molecule has 2 aromatic carbocycles. The van der Waals surface area contributed by atoms with Crippen LogP contribution < -0.4 is 10.1 Å². The number of ether oxygens (including phenoxy) is 3. The van der Waals surface area contributed by atoms with Crippen molar-refractivity contribution in [2.45, 2.75) is 12.1 Å². The number of morpholine rings is 1. The van der Waals surface area contributed by atoms with Crippen molar-refractivity contribution in [2.24, 2.45) is 0 Å². The highest BCUT2D eigenvalue weighted by Gasteiger charge is 2.29. The van der Waals surface area contributed by atoms with Crippen molar-refractivity contribution in [1.29, 1.82) is 0 Å². The maximum absolute atomic E-state index is 13.0. The molecule has 0 aliphatic carbocycles. The number of rotatable bonds is 8. The maximum atomic E-state index is 13.0. The van der Waals surface area contributed by atoms with Crippen LogP contribution in [0.4, 0.5) is 0 Å². The molecule has 3 rings (SSSR count). The Bertz CT molecular complexity index is 800. The Balaban J connectivity index is 1.77. The van der Waals surface area contributed by atoms with Gasteiger partial charge in [-0.25, -0.2) is 0 Å². The van der Waals surface area contributed by atoms with E-state index in [0.717, 1.165) is 18.7 Å². The van der Waals surface area contributed by atoms with Gasteiger partial charge in [-0.3, -0.25) is 4.79 Å². The molecule has 0 radical (unpaired) electrons. The van der Waals surface area contributed by atoms with Gasteiger partial charge in [-0.05, 0) is 42.9 Å². The molecule has 1 saturated heterocycles. The Labute approximate surface area is 176 Å². The molecule has 1 amide bonds. The van der Waals surface area contributed by atoms with Crippen LogP contribution in [0.5, 0.6) is 5.75 Å². The lowest BCUT2D eigenvalue weighted by Crippen LogP contribution is -2.48. The normalized spacial score (nSPS) is 18.2. The van der Waals surface area contributed by atoms with Crippen LogP contribution in [0, 0.1) is 0 Å². The van der Waals surface area contributed by atoms with Crippen LogP contribution in [0.1, 0.15) is 22.0 Å². The second kappa shape index (κ2) is 10.6. The van der Waals surface area contributed by atoms with E-state index in [2.05, 4.69) is 17.3 Å². The summed E-state index contributed by atoms with van der Waals surface area (Å²) in [5.41, 5.74) is 1.48. The monoisotopic (exact) mass is 418 g/mol. The fourth-order valence-electron chi connectivity index (χ4n) is 3.27. The van der Waals surface area contributed by atoms with Crippen LogP contribution in [0.15, 0.2) is 48.5 Å². The predicted octanol–water partition coefficient (Wildman–Crippen LogP) is 3.17. The molecule has 0 saturated carbocycles. The van der Waals surface area contributed by atoms with Crippen molar-refractivity contribution in [3.8, 4) is 5.75 Å². The first-order valence-corrected chi connectivity index (χ1v) is 10.0. The number of amides is 1. The molecule has 2 atom stereocenters. The predicted molar refractivity (Wildman–Crippen MR) is 113 cm³/mol. The van der Waals surface area contributed by atoms with Crippen molar-refractivity contribution in [1.82, 2.24) is 10.2 Å². The zero-order valence-corrected chi connectivity index (χ0v) is 17.5. The van der Waals surface area contributed by atoms with E-state index in [1.807, 2.05) is 30.3 Å². The number of nitrogens with zero attached hydrogens (tertiary/aromatic N) is 1. The zero-order chi connectivity index (χ0) is 20.6. The third-order valence-electron chi connectivity index (χ3n) is 4.84. The van der Waals surface area contributed by atoms with E-state index >= 15 is 0 Å². The summed E-state index contributed by atoms with van der Waals surface area (Å²) in [5, 5.41) is 3.79. The molecule has 2 aromatic rings. The van der Waals surface area contributed by atoms with Crippen LogP contribution in [-0.4, -0.2) is 64.0 Å². The number of carbonyl (C=O) groups is 1. The van der Waals surface area contributed by atoms with Crippen LogP contribution in [0.3, 0.4) is 0 Å². The van der Waals surface area contributed by atoms with E-state index in [1.165, 1.54) is 0 Å². The van der Waals surface area contributed by atoms with Crippen molar-refractivity contribution < 1.29 is 19.0 Å². The summed E-state index contributed by atoms with van der Waals surface area (Å²) in [5.74, 6) is 0.449. The molecule has 0 spiro atoms. The number of carbonyl (C=O) groups excluding carboxylic acids is 1. The SMILES string of the molecule is COCCOc1cccc(C(=O)N[C@H](c2ccc(Cl)cc2)[C@@H]2CN(C)CCO2)c1. The van der Waals surface area contributed by atoms with Gasteiger partial charge >= 0.3 is 0 Å². The molecule has 156 valence electrons. The van der Waals surface area contributed by atoms with E-state index < -0.39 is 0 Å². The molecular weight excluding hydrogens is 392 g/mol. The summed E-state index contributed by atoms with van der Waals surface area (Å²) >= 11 is 6.05. The Morgan fingerprint density at radius 3 is 2.79 bits per heavy atom. The first kappa shape index (κ1) is 21.6. The average Bonchev–Trinajstić information content (AvgIpc) is 2.73. The molecule has 0 aromatic heterocycles. The van der Waals surface area contributed by atoms with Crippen LogP contribution in [0.2, 0.25) is 5.02 Å². The second-order valence-electron chi connectivity index (χ2n) is 7.04. The fourth-order valence-corrected chi connectivity index (χ4v) is 3.39. The van der Waals surface area contributed by atoms with Crippen molar-refractivity contribution >= 4 is 17.5 Å². The maximum Gasteiger partial charge on any atom is 0.251 e. The van der Waals surface area contributed by atoms with Gasteiger partial charge in [-0.1, -0.05) is 29.8 Å². The van der Waals surface area contributed by atoms with Gasteiger partial charge < -0.3 is 24.4 Å². The molecule has 7 heteroatoms. The standard InChI is InChI=1S/C22H27ClN2O4/c1-25-10-11-29-20(15-25)21(16-6-8-18(23)9-7-16)24-22(26)17-4-3-5-19(14-17)28-13-12-27-2/h3-9,14,20-21H,10-13,15H2,1-2H3,(H,24,26)/t20-,21+/m0/s1.